The number of rotatable bonds is 4. The summed E-state index contributed by atoms with van der Waals surface area (Å²) < 4.78 is 18.2. The third kappa shape index (κ3) is 2.08. The zero-order valence-electron chi connectivity index (χ0n) is 9.50. The lowest BCUT2D eigenvalue weighted by Gasteiger charge is -2.12. The van der Waals surface area contributed by atoms with E-state index in [2.05, 4.69) is 0 Å². The standard InChI is InChI=1S/C13H15FO2/c1-8(9-3-4-9)13(15)11-7-10(14)5-6-12(11)16-2/h5-9H,3-4H2,1-2H3. The van der Waals surface area contributed by atoms with E-state index in [1.165, 1.54) is 25.3 Å². The highest BCUT2D eigenvalue weighted by atomic mass is 19.1. The molecular formula is C13H15FO2. The van der Waals surface area contributed by atoms with Gasteiger partial charge in [-0.3, -0.25) is 4.79 Å². The maximum Gasteiger partial charge on any atom is 0.169 e. The molecule has 1 aliphatic carbocycles. The summed E-state index contributed by atoms with van der Waals surface area (Å²) in [6, 6.07) is 4.07. The zero-order chi connectivity index (χ0) is 11.7. The van der Waals surface area contributed by atoms with Gasteiger partial charge in [-0.05, 0) is 37.0 Å². The number of ketones is 1. The van der Waals surface area contributed by atoms with Crippen molar-refractivity contribution in [2.24, 2.45) is 11.8 Å². The Kier molecular flexibility index (Phi) is 2.95. The lowest BCUT2D eigenvalue weighted by atomic mass is 9.94. The zero-order valence-corrected chi connectivity index (χ0v) is 9.50. The number of ether oxygens (including phenoxy) is 1. The minimum atomic E-state index is -0.396. The molecule has 3 heteroatoms. The van der Waals surface area contributed by atoms with Crippen LogP contribution in [0, 0.1) is 17.7 Å². The number of methoxy groups -OCH3 is 1. The van der Waals surface area contributed by atoms with Crippen LogP contribution < -0.4 is 4.74 Å². The molecule has 0 radical (unpaired) electrons. The predicted molar refractivity (Wildman–Crippen MR) is 59.2 cm³/mol. The summed E-state index contributed by atoms with van der Waals surface area (Å²) >= 11 is 0. The van der Waals surface area contributed by atoms with Crippen LogP contribution in [0.2, 0.25) is 0 Å². The number of carbonyl (C=O) groups is 1. The summed E-state index contributed by atoms with van der Waals surface area (Å²) in [7, 11) is 1.49. The van der Waals surface area contributed by atoms with Crippen molar-refractivity contribution in [1.82, 2.24) is 0 Å². The number of Topliss-reactive ketones (excluding diaryl/α,β-unsaturated/α-hetero) is 1. The van der Waals surface area contributed by atoms with E-state index in [1.807, 2.05) is 6.92 Å². The van der Waals surface area contributed by atoms with Crippen LogP contribution in [0.5, 0.6) is 5.75 Å². The van der Waals surface area contributed by atoms with Gasteiger partial charge >= 0.3 is 0 Å². The van der Waals surface area contributed by atoms with Crippen molar-refractivity contribution in [1.29, 1.82) is 0 Å². The van der Waals surface area contributed by atoms with Gasteiger partial charge in [0.05, 0.1) is 12.7 Å². The van der Waals surface area contributed by atoms with E-state index in [0.29, 0.717) is 17.2 Å². The molecule has 2 nitrogen and oxygen atoms in total. The van der Waals surface area contributed by atoms with Crippen LogP contribution in [0.15, 0.2) is 18.2 Å². The lowest BCUT2D eigenvalue weighted by Crippen LogP contribution is -2.14. The smallest absolute Gasteiger partial charge is 0.169 e. The first kappa shape index (κ1) is 11.1. The Balaban J connectivity index is 2.30. The van der Waals surface area contributed by atoms with Crippen molar-refractivity contribution in [2.75, 3.05) is 7.11 Å². The van der Waals surface area contributed by atoms with Crippen molar-refractivity contribution in [2.45, 2.75) is 19.8 Å². The quantitative estimate of drug-likeness (QED) is 0.732. The molecule has 0 heterocycles. The molecule has 1 aromatic rings. The van der Waals surface area contributed by atoms with Gasteiger partial charge in [0.1, 0.15) is 11.6 Å². The molecule has 0 saturated heterocycles. The summed E-state index contributed by atoms with van der Waals surface area (Å²) in [4.78, 5) is 12.1. The molecule has 1 aliphatic rings. The van der Waals surface area contributed by atoms with Gasteiger partial charge < -0.3 is 4.74 Å². The second-order valence-corrected chi connectivity index (χ2v) is 4.33. The van der Waals surface area contributed by atoms with Gasteiger partial charge in [-0.1, -0.05) is 6.92 Å². The normalized spacial score (nSPS) is 16.9. The van der Waals surface area contributed by atoms with E-state index in [4.69, 9.17) is 4.74 Å². The molecule has 0 aliphatic heterocycles. The minimum absolute atomic E-state index is 0.0150. The third-order valence-corrected chi connectivity index (χ3v) is 3.17. The number of hydrogen-bond acceptors (Lipinski definition) is 2. The highest BCUT2D eigenvalue weighted by Crippen LogP contribution is 2.39. The molecule has 0 aromatic heterocycles. The molecule has 86 valence electrons. The molecule has 1 aromatic carbocycles. The van der Waals surface area contributed by atoms with Gasteiger partial charge in [0, 0.05) is 5.92 Å². The van der Waals surface area contributed by atoms with Crippen molar-refractivity contribution >= 4 is 5.78 Å². The molecule has 1 saturated carbocycles. The fourth-order valence-electron chi connectivity index (χ4n) is 1.93. The second kappa shape index (κ2) is 4.24. The van der Waals surface area contributed by atoms with Crippen molar-refractivity contribution in [3.63, 3.8) is 0 Å². The average Bonchev–Trinajstić information content (AvgIpc) is 3.11. The highest BCUT2D eigenvalue weighted by Gasteiger charge is 2.34. The van der Waals surface area contributed by atoms with E-state index in [-0.39, 0.29) is 11.7 Å². The molecule has 16 heavy (non-hydrogen) atoms. The van der Waals surface area contributed by atoms with Gasteiger partial charge in [-0.25, -0.2) is 4.39 Å². The number of carbonyl (C=O) groups excluding carboxylic acids is 1. The summed E-state index contributed by atoms with van der Waals surface area (Å²) in [5, 5.41) is 0. The van der Waals surface area contributed by atoms with E-state index in [9.17, 15) is 9.18 Å². The number of benzene rings is 1. The number of halogens is 1. The van der Waals surface area contributed by atoms with Crippen LogP contribution in [0.4, 0.5) is 4.39 Å². The predicted octanol–water partition coefficient (Wildman–Crippen LogP) is 3.06. The van der Waals surface area contributed by atoms with Gasteiger partial charge in [0.2, 0.25) is 0 Å². The van der Waals surface area contributed by atoms with E-state index in [0.717, 1.165) is 12.8 Å². The van der Waals surface area contributed by atoms with Crippen LogP contribution in [-0.2, 0) is 0 Å². The van der Waals surface area contributed by atoms with Gasteiger partial charge in [-0.2, -0.15) is 0 Å². The van der Waals surface area contributed by atoms with Crippen LogP contribution in [-0.4, -0.2) is 12.9 Å². The molecular weight excluding hydrogens is 207 g/mol. The van der Waals surface area contributed by atoms with Crippen LogP contribution in [0.3, 0.4) is 0 Å². The Morgan fingerprint density at radius 3 is 2.75 bits per heavy atom. The topological polar surface area (TPSA) is 26.3 Å². The van der Waals surface area contributed by atoms with Gasteiger partial charge in [-0.15, -0.1) is 0 Å². The molecule has 0 amide bonds. The van der Waals surface area contributed by atoms with Crippen LogP contribution in [0.25, 0.3) is 0 Å². The van der Waals surface area contributed by atoms with E-state index < -0.39 is 5.82 Å². The van der Waals surface area contributed by atoms with Gasteiger partial charge in [0.15, 0.2) is 5.78 Å². The molecule has 0 spiro atoms. The first-order valence-corrected chi connectivity index (χ1v) is 5.51. The summed E-state index contributed by atoms with van der Waals surface area (Å²) in [5.41, 5.74) is 0.363. The molecule has 1 unspecified atom stereocenters. The lowest BCUT2D eigenvalue weighted by molar-refractivity contribution is 0.0912. The van der Waals surface area contributed by atoms with Crippen LogP contribution >= 0.6 is 0 Å². The summed E-state index contributed by atoms with van der Waals surface area (Å²) in [6.07, 6.45) is 2.20. The summed E-state index contributed by atoms with van der Waals surface area (Å²) in [5.74, 6) is 0.487. The molecule has 1 fully saturated rings. The van der Waals surface area contributed by atoms with Crippen molar-refractivity contribution in [3.05, 3.63) is 29.6 Å². The van der Waals surface area contributed by atoms with E-state index in [1.54, 1.807) is 0 Å². The highest BCUT2D eigenvalue weighted by molar-refractivity contribution is 6.00. The molecule has 2 rings (SSSR count). The largest absolute Gasteiger partial charge is 0.496 e. The Morgan fingerprint density at radius 1 is 1.50 bits per heavy atom. The average molecular weight is 222 g/mol. The number of hydrogen-bond donors (Lipinski definition) is 0. The second-order valence-electron chi connectivity index (χ2n) is 4.33. The summed E-state index contributed by atoms with van der Waals surface area (Å²) in [6.45, 7) is 1.91. The Morgan fingerprint density at radius 2 is 2.19 bits per heavy atom. The minimum Gasteiger partial charge on any atom is -0.496 e. The molecule has 0 bridgehead atoms. The third-order valence-electron chi connectivity index (χ3n) is 3.17. The fraction of sp³-hybridized carbons (Fsp3) is 0.462. The maximum absolute atomic E-state index is 13.1. The SMILES string of the molecule is COc1ccc(F)cc1C(=O)C(C)C1CC1. The first-order valence-electron chi connectivity index (χ1n) is 5.51. The van der Waals surface area contributed by atoms with Crippen LogP contribution in [0.1, 0.15) is 30.1 Å². The van der Waals surface area contributed by atoms with Gasteiger partial charge in [0.25, 0.3) is 0 Å². The Hall–Kier alpha value is -1.38. The molecule has 1 atom stereocenters. The Labute approximate surface area is 94.4 Å². The van der Waals surface area contributed by atoms with E-state index >= 15 is 0 Å². The molecule has 0 N–H and O–H groups in total. The fourth-order valence-corrected chi connectivity index (χ4v) is 1.93. The Bertz CT molecular complexity index is 410. The van der Waals surface area contributed by atoms with Crippen molar-refractivity contribution in [3.8, 4) is 5.75 Å². The van der Waals surface area contributed by atoms with Crippen molar-refractivity contribution < 1.29 is 13.9 Å². The first-order chi connectivity index (χ1) is 7.63. The monoisotopic (exact) mass is 222 g/mol. The maximum atomic E-state index is 13.1.